The quantitative estimate of drug-likeness (QED) is 0.328. The second-order valence-electron chi connectivity index (χ2n) is 10.3. The number of fused-ring (bicyclic) bond motifs is 1. The Balaban J connectivity index is 1.90. The molecule has 28 heavy (non-hydrogen) atoms. The van der Waals surface area contributed by atoms with Crippen molar-refractivity contribution in [3.05, 3.63) is 10.6 Å². The predicted molar refractivity (Wildman–Crippen MR) is 127 cm³/mol. The van der Waals surface area contributed by atoms with E-state index in [1.807, 2.05) is 0 Å². The van der Waals surface area contributed by atoms with E-state index in [9.17, 15) is 5.11 Å². The molecule has 2 saturated carbocycles. The first-order valence-corrected chi connectivity index (χ1v) is 15.3. The van der Waals surface area contributed by atoms with Crippen LogP contribution in [0.1, 0.15) is 92.9 Å². The SMILES string of the molecule is CC[Si](CC)(CC)OC(C)(C)[C@H](O)CCC[C@H]1CC[C@H]2/C(=C/Br)CCC[C@]12C. The molecule has 2 rings (SSSR count). The summed E-state index contributed by atoms with van der Waals surface area (Å²) in [6.07, 6.45) is 9.59. The minimum atomic E-state index is -1.70. The Morgan fingerprint density at radius 2 is 1.89 bits per heavy atom. The first kappa shape index (κ1) is 24.6. The summed E-state index contributed by atoms with van der Waals surface area (Å²) in [5, 5.41) is 11.0. The maximum atomic E-state index is 11.0. The monoisotopic (exact) mass is 472 g/mol. The summed E-state index contributed by atoms with van der Waals surface area (Å²) in [5.74, 6) is 1.59. The molecule has 1 N–H and O–H groups in total. The molecule has 0 amide bonds. The van der Waals surface area contributed by atoms with E-state index in [0.717, 1.165) is 42.8 Å². The smallest absolute Gasteiger partial charge is 0.192 e. The molecule has 0 bridgehead atoms. The summed E-state index contributed by atoms with van der Waals surface area (Å²) >= 11 is 3.62. The van der Waals surface area contributed by atoms with Crippen molar-refractivity contribution in [1.82, 2.24) is 0 Å². The van der Waals surface area contributed by atoms with Crippen molar-refractivity contribution in [3.8, 4) is 0 Å². The van der Waals surface area contributed by atoms with Gasteiger partial charge in [-0.25, -0.2) is 0 Å². The van der Waals surface area contributed by atoms with Crippen LogP contribution < -0.4 is 0 Å². The van der Waals surface area contributed by atoms with Gasteiger partial charge in [0.2, 0.25) is 0 Å². The Morgan fingerprint density at radius 3 is 2.46 bits per heavy atom. The van der Waals surface area contributed by atoms with Crippen molar-refractivity contribution < 1.29 is 9.53 Å². The number of hydrogen-bond acceptors (Lipinski definition) is 2. The molecular formula is C24H45BrO2Si. The van der Waals surface area contributed by atoms with Gasteiger partial charge in [0.1, 0.15) is 0 Å². The van der Waals surface area contributed by atoms with Crippen LogP contribution in [0, 0.1) is 17.3 Å². The highest BCUT2D eigenvalue weighted by molar-refractivity contribution is 9.11. The van der Waals surface area contributed by atoms with Crippen molar-refractivity contribution in [1.29, 1.82) is 0 Å². The van der Waals surface area contributed by atoms with Crippen molar-refractivity contribution >= 4 is 24.2 Å². The van der Waals surface area contributed by atoms with E-state index in [2.05, 4.69) is 62.5 Å². The maximum Gasteiger partial charge on any atom is 0.192 e. The Labute approximate surface area is 184 Å². The first-order valence-electron chi connectivity index (χ1n) is 11.9. The molecule has 2 nitrogen and oxygen atoms in total. The van der Waals surface area contributed by atoms with Gasteiger partial charge >= 0.3 is 0 Å². The molecule has 4 heteroatoms. The lowest BCUT2D eigenvalue weighted by molar-refractivity contribution is -0.0421. The van der Waals surface area contributed by atoms with Gasteiger partial charge in [0, 0.05) is 0 Å². The second-order valence-corrected chi connectivity index (χ2v) is 15.4. The summed E-state index contributed by atoms with van der Waals surface area (Å²) < 4.78 is 6.67. The van der Waals surface area contributed by atoms with Gasteiger partial charge in [0.05, 0.1) is 11.7 Å². The number of halogens is 1. The van der Waals surface area contributed by atoms with Gasteiger partial charge < -0.3 is 9.53 Å². The van der Waals surface area contributed by atoms with Gasteiger partial charge in [-0.3, -0.25) is 0 Å². The van der Waals surface area contributed by atoms with Crippen LogP contribution in [-0.2, 0) is 4.43 Å². The first-order chi connectivity index (χ1) is 13.2. The van der Waals surface area contributed by atoms with Crippen LogP contribution in [0.3, 0.4) is 0 Å². The normalized spacial score (nSPS) is 31.2. The molecule has 2 aliphatic carbocycles. The predicted octanol–water partition coefficient (Wildman–Crippen LogP) is 7.81. The third-order valence-corrected chi connectivity index (χ3v) is 14.0. The number of hydrogen-bond donors (Lipinski definition) is 1. The Bertz CT molecular complexity index is 520. The standard InChI is InChI=1S/C24H45BrO2Si/c1-7-28(8-2,9-3)27-23(4,5)22(26)14-10-13-20-15-16-21-19(18-25)12-11-17-24(20,21)6/h18,20-22,26H,7-17H2,1-6H3/b19-18+/t20-,21-,22+,24+/m0/s1. The summed E-state index contributed by atoms with van der Waals surface area (Å²) in [4.78, 5) is 2.21. The van der Waals surface area contributed by atoms with Crippen molar-refractivity contribution in [2.75, 3.05) is 0 Å². The molecule has 0 heterocycles. The Morgan fingerprint density at radius 1 is 1.25 bits per heavy atom. The van der Waals surface area contributed by atoms with Gasteiger partial charge in [-0.05, 0) is 99.2 Å². The van der Waals surface area contributed by atoms with E-state index >= 15 is 0 Å². The number of allylic oxidation sites excluding steroid dienone is 1. The zero-order valence-electron chi connectivity index (χ0n) is 19.3. The van der Waals surface area contributed by atoms with E-state index in [-0.39, 0.29) is 6.10 Å². The molecule has 0 spiro atoms. The average molecular weight is 474 g/mol. The van der Waals surface area contributed by atoms with Gasteiger partial charge in [0.15, 0.2) is 8.32 Å². The minimum Gasteiger partial charge on any atom is -0.409 e. The fraction of sp³-hybridized carbons (Fsp3) is 0.917. The second kappa shape index (κ2) is 10.1. The van der Waals surface area contributed by atoms with E-state index < -0.39 is 13.9 Å². The van der Waals surface area contributed by atoms with E-state index in [1.54, 1.807) is 5.57 Å². The fourth-order valence-corrected chi connectivity index (χ4v) is 9.98. The van der Waals surface area contributed by atoms with Crippen LogP contribution in [0.25, 0.3) is 0 Å². The van der Waals surface area contributed by atoms with Crippen LogP contribution in [0.4, 0.5) is 0 Å². The summed E-state index contributed by atoms with van der Waals surface area (Å²) in [7, 11) is -1.70. The molecule has 164 valence electrons. The molecule has 0 aliphatic heterocycles. The average Bonchev–Trinajstić information content (AvgIpc) is 3.02. The lowest BCUT2D eigenvalue weighted by Crippen LogP contribution is -2.50. The van der Waals surface area contributed by atoms with Gasteiger partial charge in [-0.2, -0.15) is 0 Å². The van der Waals surface area contributed by atoms with Crippen LogP contribution in [0.5, 0.6) is 0 Å². The molecule has 0 radical (unpaired) electrons. The van der Waals surface area contributed by atoms with Gasteiger partial charge in [-0.15, -0.1) is 0 Å². The Kier molecular flexibility index (Phi) is 8.89. The van der Waals surface area contributed by atoms with Crippen molar-refractivity contribution in [3.63, 3.8) is 0 Å². The van der Waals surface area contributed by atoms with Crippen LogP contribution in [-0.4, -0.2) is 25.1 Å². The fourth-order valence-electron chi connectivity index (χ4n) is 6.25. The Hall–Kier alpha value is 0.357. The van der Waals surface area contributed by atoms with Gasteiger partial charge in [-0.1, -0.05) is 55.6 Å². The number of rotatable bonds is 10. The topological polar surface area (TPSA) is 29.5 Å². The van der Waals surface area contributed by atoms with Crippen LogP contribution >= 0.6 is 15.9 Å². The summed E-state index contributed by atoms with van der Waals surface area (Å²) in [6.45, 7) is 13.6. The lowest BCUT2D eigenvalue weighted by Gasteiger charge is -2.43. The molecule has 2 aliphatic rings. The van der Waals surface area contributed by atoms with E-state index in [0.29, 0.717) is 5.41 Å². The lowest BCUT2D eigenvalue weighted by atomic mass is 9.63. The molecule has 2 fully saturated rings. The molecule has 4 atom stereocenters. The minimum absolute atomic E-state index is 0.363. The van der Waals surface area contributed by atoms with Crippen molar-refractivity contribution in [2.45, 2.75) is 123 Å². The zero-order valence-corrected chi connectivity index (χ0v) is 21.9. The maximum absolute atomic E-state index is 11.0. The van der Waals surface area contributed by atoms with Crippen molar-refractivity contribution in [2.24, 2.45) is 17.3 Å². The van der Waals surface area contributed by atoms with Gasteiger partial charge in [0.25, 0.3) is 0 Å². The third kappa shape index (κ3) is 5.15. The van der Waals surface area contributed by atoms with Crippen LogP contribution in [0.2, 0.25) is 18.1 Å². The van der Waals surface area contributed by atoms with E-state index in [1.165, 1.54) is 38.5 Å². The molecule has 0 unspecified atom stereocenters. The molecule has 0 aromatic carbocycles. The molecule has 0 aromatic heterocycles. The van der Waals surface area contributed by atoms with E-state index in [4.69, 9.17) is 4.43 Å². The highest BCUT2D eigenvalue weighted by atomic mass is 79.9. The molecule has 0 aromatic rings. The third-order valence-electron chi connectivity index (χ3n) is 8.55. The zero-order chi connectivity index (χ0) is 21.0. The molecular weight excluding hydrogens is 428 g/mol. The largest absolute Gasteiger partial charge is 0.409 e. The number of aliphatic hydroxyl groups is 1. The van der Waals surface area contributed by atoms with Crippen LogP contribution in [0.15, 0.2) is 10.6 Å². The highest BCUT2D eigenvalue weighted by Crippen LogP contribution is 2.58. The highest BCUT2D eigenvalue weighted by Gasteiger charge is 2.48. The molecule has 0 saturated heterocycles. The number of aliphatic hydroxyl groups excluding tert-OH is 1. The summed E-state index contributed by atoms with van der Waals surface area (Å²) in [5.41, 5.74) is 1.70. The summed E-state index contributed by atoms with van der Waals surface area (Å²) in [6, 6.07) is 3.42.